The molecule has 1 saturated heterocycles. The molecule has 1 saturated carbocycles. The highest BCUT2D eigenvalue weighted by atomic mass is 16.1. The molecule has 4 nitrogen and oxygen atoms in total. The van der Waals surface area contributed by atoms with E-state index in [0.29, 0.717) is 12.0 Å². The molecule has 2 aliphatic rings. The van der Waals surface area contributed by atoms with E-state index in [1.54, 1.807) is 0 Å². The van der Waals surface area contributed by atoms with Crippen LogP contribution in [-0.2, 0) is 4.79 Å². The standard InChI is InChI=1S/C22H31N3O/c1-2-20-11-6-14-23-22(20)24-15-7-9-19(17-24)10-8-16-25(18-26)21-12-4-3-5-13-21/h1,6,11,14,18-19,21H,3-5,7-10,12-13,15-17H2. The van der Waals surface area contributed by atoms with E-state index >= 15 is 0 Å². The van der Waals surface area contributed by atoms with Gasteiger partial charge in [0, 0.05) is 31.9 Å². The predicted octanol–water partition coefficient (Wildman–Crippen LogP) is 3.85. The van der Waals surface area contributed by atoms with Gasteiger partial charge in [0.25, 0.3) is 0 Å². The molecular weight excluding hydrogens is 322 g/mol. The van der Waals surface area contributed by atoms with Crippen molar-refractivity contribution >= 4 is 12.2 Å². The van der Waals surface area contributed by atoms with Gasteiger partial charge in [0.2, 0.25) is 6.41 Å². The van der Waals surface area contributed by atoms with E-state index < -0.39 is 0 Å². The van der Waals surface area contributed by atoms with Crippen LogP contribution in [0.25, 0.3) is 0 Å². The van der Waals surface area contributed by atoms with Gasteiger partial charge in [-0.1, -0.05) is 25.2 Å². The molecule has 3 rings (SSSR count). The van der Waals surface area contributed by atoms with E-state index in [-0.39, 0.29) is 0 Å². The third-order valence-corrected chi connectivity index (χ3v) is 5.97. The van der Waals surface area contributed by atoms with Crippen molar-refractivity contribution in [3.63, 3.8) is 0 Å². The fourth-order valence-electron chi connectivity index (χ4n) is 4.55. The third-order valence-electron chi connectivity index (χ3n) is 5.97. The van der Waals surface area contributed by atoms with Crippen LogP contribution in [0.4, 0.5) is 5.82 Å². The molecule has 1 aliphatic carbocycles. The summed E-state index contributed by atoms with van der Waals surface area (Å²) in [7, 11) is 0. The van der Waals surface area contributed by atoms with E-state index in [4.69, 9.17) is 6.42 Å². The van der Waals surface area contributed by atoms with Crippen molar-refractivity contribution in [1.29, 1.82) is 0 Å². The maximum atomic E-state index is 11.5. The zero-order chi connectivity index (χ0) is 18.2. The molecule has 140 valence electrons. The van der Waals surface area contributed by atoms with Gasteiger partial charge >= 0.3 is 0 Å². The Morgan fingerprint density at radius 2 is 2.12 bits per heavy atom. The van der Waals surface area contributed by atoms with Crippen molar-refractivity contribution < 1.29 is 4.79 Å². The van der Waals surface area contributed by atoms with Crippen molar-refractivity contribution in [2.24, 2.45) is 5.92 Å². The maximum Gasteiger partial charge on any atom is 0.209 e. The average Bonchev–Trinajstić information content (AvgIpc) is 2.72. The molecule has 1 unspecified atom stereocenters. The summed E-state index contributed by atoms with van der Waals surface area (Å²) in [6.45, 7) is 2.96. The average molecular weight is 354 g/mol. The number of rotatable bonds is 7. The molecule has 4 heteroatoms. The van der Waals surface area contributed by atoms with E-state index in [2.05, 4.69) is 20.7 Å². The highest BCUT2D eigenvalue weighted by Gasteiger charge is 2.23. The second-order valence-electron chi connectivity index (χ2n) is 7.75. The van der Waals surface area contributed by atoms with Gasteiger partial charge in [0.15, 0.2) is 0 Å². The summed E-state index contributed by atoms with van der Waals surface area (Å²) < 4.78 is 0. The minimum atomic E-state index is 0.482. The van der Waals surface area contributed by atoms with Crippen molar-refractivity contribution in [3.05, 3.63) is 23.9 Å². The molecule has 1 aromatic heterocycles. The van der Waals surface area contributed by atoms with Gasteiger partial charge in [-0.2, -0.15) is 0 Å². The molecule has 0 aromatic carbocycles. The van der Waals surface area contributed by atoms with E-state index in [1.165, 1.54) is 51.4 Å². The van der Waals surface area contributed by atoms with Crippen molar-refractivity contribution in [2.75, 3.05) is 24.5 Å². The van der Waals surface area contributed by atoms with Crippen LogP contribution in [0, 0.1) is 18.3 Å². The lowest BCUT2D eigenvalue weighted by atomic mass is 9.92. The van der Waals surface area contributed by atoms with Gasteiger partial charge in [-0.05, 0) is 56.6 Å². The summed E-state index contributed by atoms with van der Waals surface area (Å²) in [4.78, 5) is 20.4. The number of terminal acetylenes is 1. The Bertz CT molecular complexity index is 618. The molecule has 2 heterocycles. The predicted molar refractivity (Wildman–Crippen MR) is 106 cm³/mol. The Morgan fingerprint density at radius 3 is 2.88 bits per heavy atom. The van der Waals surface area contributed by atoms with Crippen LogP contribution in [-0.4, -0.2) is 42.0 Å². The Hall–Kier alpha value is -2.02. The summed E-state index contributed by atoms with van der Waals surface area (Å²) in [6.07, 6.45) is 19.5. The van der Waals surface area contributed by atoms with E-state index in [9.17, 15) is 4.79 Å². The summed E-state index contributed by atoms with van der Waals surface area (Å²) in [5.41, 5.74) is 0.887. The van der Waals surface area contributed by atoms with Crippen LogP contribution < -0.4 is 4.90 Å². The highest BCUT2D eigenvalue weighted by Crippen LogP contribution is 2.27. The van der Waals surface area contributed by atoms with Crippen LogP contribution in [0.2, 0.25) is 0 Å². The van der Waals surface area contributed by atoms with Crippen LogP contribution in [0.3, 0.4) is 0 Å². The van der Waals surface area contributed by atoms with Gasteiger partial charge in [-0.25, -0.2) is 4.98 Å². The van der Waals surface area contributed by atoms with Gasteiger partial charge < -0.3 is 9.80 Å². The Labute approximate surface area is 158 Å². The summed E-state index contributed by atoms with van der Waals surface area (Å²) in [6, 6.07) is 4.35. The Morgan fingerprint density at radius 1 is 1.27 bits per heavy atom. The number of hydrogen-bond acceptors (Lipinski definition) is 3. The first-order valence-electron chi connectivity index (χ1n) is 10.2. The van der Waals surface area contributed by atoms with E-state index in [1.807, 2.05) is 18.3 Å². The smallest absolute Gasteiger partial charge is 0.209 e. The van der Waals surface area contributed by atoms with Gasteiger partial charge in [0.1, 0.15) is 5.82 Å². The normalized spacial score (nSPS) is 21.2. The molecule has 2 fully saturated rings. The number of piperidine rings is 1. The lowest BCUT2D eigenvalue weighted by molar-refractivity contribution is -0.120. The van der Waals surface area contributed by atoms with Crippen LogP contribution in [0.15, 0.2) is 18.3 Å². The Balaban J connectivity index is 1.49. The molecule has 1 aliphatic heterocycles. The number of hydrogen-bond donors (Lipinski definition) is 0. The van der Waals surface area contributed by atoms with Crippen LogP contribution in [0.5, 0.6) is 0 Å². The fourth-order valence-corrected chi connectivity index (χ4v) is 4.55. The quantitative estimate of drug-likeness (QED) is 0.552. The number of pyridine rings is 1. The molecule has 0 N–H and O–H groups in total. The summed E-state index contributed by atoms with van der Waals surface area (Å²) >= 11 is 0. The van der Waals surface area contributed by atoms with Gasteiger partial charge in [-0.15, -0.1) is 6.42 Å². The van der Waals surface area contributed by atoms with Gasteiger partial charge in [0.05, 0.1) is 5.56 Å². The molecule has 1 aromatic rings. The second kappa shape index (κ2) is 9.62. The van der Waals surface area contributed by atoms with Crippen molar-refractivity contribution in [2.45, 2.75) is 63.8 Å². The lowest BCUT2D eigenvalue weighted by Crippen LogP contribution is -2.38. The Kier molecular flexibility index (Phi) is 6.94. The van der Waals surface area contributed by atoms with Gasteiger partial charge in [-0.3, -0.25) is 4.79 Å². The number of carbonyl (C=O) groups excluding carboxylic acids is 1. The third kappa shape index (κ3) is 4.78. The first-order chi connectivity index (χ1) is 12.8. The molecule has 1 atom stereocenters. The van der Waals surface area contributed by atoms with Crippen molar-refractivity contribution in [1.82, 2.24) is 9.88 Å². The monoisotopic (exact) mass is 353 g/mol. The maximum absolute atomic E-state index is 11.5. The number of aromatic nitrogens is 1. The summed E-state index contributed by atoms with van der Waals surface area (Å²) in [5, 5.41) is 0. The number of anilines is 1. The fraction of sp³-hybridized carbons (Fsp3) is 0.636. The minimum absolute atomic E-state index is 0.482. The minimum Gasteiger partial charge on any atom is -0.355 e. The SMILES string of the molecule is C#Cc1cccnc1N1CCCC(CCCN(C=O)C2CCCCC2)C1. The van der Waals surface area contributed by atoms with Crippen molar-refractivity contribution in [3.8, 4) is 12.3 Å². The summed E-state index contributed by atoms with van der Waals surface area (Å²) in [5.74, 6) is 4.38. The first kappa shape index (κ1) is 18.8. The largest absolute Gasteiger partial charge is 0.355 e. The number of nitrogens with zero attached hydrogens (tertiary/aromatic N) is 3. The molecular formula is C22H31N3O. The molecule has 1 amide bonds. The van der Waals surface area contributed by atoms with E-state index in [0.717, 1.165) is 43.8 Å². The number of amides is 1. The molecule has 26 heavy (non-hydrogen) atoms. The van der Waals surface area contributed by atoms with Crippen LogP contribution in [0.1, 0.15) is 63.4 Å². The van der Waals surface area contributed by atoms with Crippen LogP contribution >= 0.6 is 0 Å². The topological polar surface area (TPSA) is 36.4 Å². The highest BCUT2D eigenvalue weighted by molar-refractivity contribution is 5.55. The molecule has 0 spiro atoms. The molecule has 0 bridgehead atoms. The lowest BCUT2D eigenvalue weighted by Gasteiger charge is -2.35. The zero-order valence-electron chi connectivity index (χ0n) is 15.8. The first-order valence-corrected chi connectivity index (χ1v) is 10.2. The molecule has 0 radical (unpaired) electrons. The number of carbonyl (C=O) groups is 1. The zero-order valence-corrected chi connectivity index (χ0v) is 15.8. The second-order valence-corrected chi connectivity index (χ2v) is 7.75.